The minimum Gasteiger partial charge on any atom is -0.378 e. The van der Waals surface area contributed by atoms with Crippen molar-refractivity contribution in [2.45, 2.75) is 13.0 Å². The van der Waals surface area contributed by atoms with Crippen LogP contribution in [0.3, 0.4) is 0 Å². The summed E-state index contributed by atoms with van der Waals surface area (Å²) in [7, 11) is 1.72. The number of anilines is 1. The Morgan fingerprint density at radius 2 is 1.84 bits per heavy atom. The van der Waals surface area contributed by atoms with E-state index in [4.69, 9.17) is 4.74 Å². The number of hydrogen-bond donors (Lipinski definition) is 0. The average Bonchev–Trinajstić information content (AvgIpc) is 2.88. The summed E-state index contributed by atoms with van der Waals surface area (Å²) in [5.74, 6) is -0.404. The molecule has 2 atom stereocenters. The van der Waals surface area contributed by atoms with E-state index in [2.05, 4.69) is 0 Å². The molecule has 0 aliphatic carbocycles. The first-order valence-electron chi connectivity index (χ1n) is 6.35. The standard InChI is InChI=1S/C14H16N2O3/c1-9-3-5-10(6-4-9)16-13(17)11-7-19-8-12(11)15(2)14(16)18/h3-6,11-12H,7-8H2,1-2H3. The first-order chi connectivity index (χ1) is 9.09. The molecular weight excluding hydrogens is 244 g/mol. The van der Waals surface area contributed by atoms with E-state index in [9.17, 15) is 9.59 Å². The summed E-state index contributed by atoms with van der Waals surface area (Å²) in [6, 6.07) is 6.99. The number of likely N-dealkylation sites (N-methyl/N-ethyl adjacent to an activating group) is 1. The van der Waals surface area contributed by atoms with E-state index in [-0.39, 0.29) is 23.9 Å². The molecule has 1 aromatic rings. The van der Waals surface area contributed by atoms with Gasteiger partial charge >= 0.3 is 6.03 Å². The number of carbonyl (C=O) groups excluding carboxylic acids is 2. The number of benzene rings is 1. The lowest BCUT2D eigenvalue weighted by atomic mass is 9.98. The lowest BCUT2D eigenvalue weighted by Crippen LogP contribution is -2.60. The molecule has 0 radical (unpaired) electrons. The van der Waals surface area contributed by atoms with Crippen LogP contribution in [0.15, 0.2) is 24.3 Å². The Labute approximate surface area is 111 Å². The fraction of sp³-hybridized carbons (Fsp3) is 0.429. The van der Waals surface area contributed by atoms with E-state index in [0.29, 0.717) is 18.9 Å². The largest absolute Gasteiger partial charge is 0.378 e. The average molecular weight is 260 g/mol. The van der Waals surface area contributed by atoms with E-state index in [1.165, 1.54) is 4.90 Å². The highest BCUT2D eigenvalue weighted by molar-refractivity contribution is 6.17. The number of amides is 3. The van der Waals surface area contributed by atoms with Gasteiger partial charge in [0.1, 0.15) is 0 Å². The Bertz CT molecular complexity index is 526. The molecule has 2 fully saturated rings. The van der Waals surface area contributed by atoms with Crippen LogP contribution in [0, 0.1) is 12.8 Å². The monoisotopic (exact) mass is 260 g/mol. The van der Waals surface area contributed by atoms with E-state index in [1.54, 1.807) is 24.1 Å². The van der Waals surface area contributed by atoms with Crippen molar-refractivity contribution < 1.29 is 14.3 Å². The van der Waals surface area contributed by atoms with Crippen LogP contribution in [0.4, 0.5) is 10.5 Å². The summed E-state index contributed by atoms with van der Waals surface area (Å²) >= 11 is 0. The van der Waals surface area contributed by atoms with E-state index in [0.717, 1.165) is 5.56 Å². The second-order valence-electron chi connectivity index (χ2n) is 5.11. The van der Waals surface area contributed by atoms with E-state index in [1.807, 2.05) is 19.1 Å². The van der Waals surface area contributed by atoms with Gasteiger partial charge in [-0.3, -0.25) is 4.79 Å². The molecule has 0 spiro atoms. The number of carbonyl (C=O) groups is 2. The number of fused-ring (bicyclic) bond motifs is 1. The maximum absolute atomic E-state index is 12.4. The number of imide groups is 1. The van der Waals surface area contributed by atoms with Crippen LogP contribution in [-0.4, -0.2) is 43.1 Å². The molecule has 0 bridgehead atoms. The van der Waals surface area contributed by atoms with Gasteiger partial charge in [-0.1, -0.05) is 17.7 Å². The molecule has 0 aromatic heterocycles. The van der Waals surface area contributed by atoms with Gasteiger partial charge in [0.25, 0.3) is 0 Å². The Kier molecular flexibility index (Phi) is 2.78. The highest BCUT2D eigenvalue weighted by Gasteiger charge is 2.48. The van der Waals surface area contributed by atoms with Crippen LogP contribution in [0.1, 0.15) is 5.56 Å². The molecule has 1 aromatic carbocycles. The predicted molar refractivity (Wildman–Crippen MR) is 69.9 cm³/mol. The van der Waals surface area contributed by atoms with E-state index >= 15 is 0 Å². The summed E-state index contributed by atoms with van der Waals surface area (Å²) in [6.07, 6.45) is 0. The molecule has 100 valence electrons. The van der Waals surface area contributed by atoms with Crippen LogP contribution in [-0.2, 0) is 9.53 Å². The Hall–Kier alpha value is -1.88. The summed E-state index contributed by atoms with van der Waals surface area (Å²) < 4.78 is 5.34. The van der Waals surface area contributed by atoms with Gasteiger partial charge in [-0.2, -0.15) is 0 Å². The Morgan fingerprint density at radius 1 is 1.16 bits per heavy atom. The molecular formula is C14H16N2O3. The fourth-order valence-corrected chi connectivity index (χ4v) is 2.65. The highest BCUT2D eigenvalue weighted by Crippen LogP contribution is 2.30. The smallest absolute Gasteiger partial charge is 0.331 e. The van der Waals surface area contributed by atoms with Gasteiger partial charge in [0.2, 0.25) is 5.91 Å². The summed E-state index contributed by atoms with van der Waals surface area (Å²) in [4.78, 5) is 27.7. The molecule has 2 heterocycles. The van der Waals surface area contributed by atoms with Crippen LogP contribution >= 0.6 is 0 Å². The molecule has 2 unspecified atom stereocenters. The van der Waals surface area contributed by atoms with Crippen molar-refractivity contribution in [3.63, 3.8) is 0 Å². The van der Waals surface area contributed by atoms with Crippen molar-refractivity contribution in [2.24, 2.45) is 5.92 Å². The Morgan fingerprint density at radius 3 is 2.53 bits per heavy atom. The molecule has 5 heteroatoms. The minimum absolute atomic E-state index is 0.123. The van der Waals surface area contributed by atoms with Gasteiger partial charge in [0.05, 0.1) is 30.9 Å². The second kappa shape index (κ2) is 4.35. The van der Waals surface area contributed by atoms with Crippen LogP contribution in [0.2, 0.25) is 0 Å². The molecule has 5 nitrogen and oxygen atoms in total. The normalized spacial score (nSPS) is 26.8. The number of hydrogen-bond acceptors (Lipinski definition) is 3. The van der Waals surface area contributed by atoms with Crippen LogP contribution in [0.25, 0.3) is 0 Å². The summed E-state index contributed by atoms with van der Waals surface area (Å²) in [5.41, 5.74) is 1.72. The maximum Gasteiger partial charge on any atom is 0.331 e. The molecule has 0 N–H and O–H groups in total. The van der Waals surface area contributed by atoms with Crippen molar-refractivity contribution in [3.8, 4) is 0 Å². The first-order valence-corrected chi connectivity index (χ1v) is 6.35. The van der Waals surface area contributed by atoms with Crippen molar-refractivity contribution in [2.75, 3.05) is 25.2 Å². The quantitative estimate of drug-likeness (QED) is 0.767. The Balaban J connectivity index is 1.98. The van der Waals surface area contributed by atoms with Gasteiger partial charge in [-0.25, -0.2) is 9.69 Å². The number of ether oxygens (including phenoxy) is 1. The van der Waals surface area contributed by atoms with Crippen molar-refractivity contribution >= 4 is 17.6 Å². The van der Waals surface area contributed by atoms with Gasteiger partial charge in [0, 0.05) is 7.05 Å². The number of rotatable bonds is 1. The third kappa shape index (κ3) is 1.81. The molecule has 2 aliphatic rings. The lowest BCUT2D eigenvalue weighted by Gasteiger charge is -2.38. The van der Waals surface area contributed by atoms with E-state index < -0.39 is 0 Å². The third-order valence-electron chi connectivity index (χ3n) is 3.87. The summed E-state index contributed by atoms with van der Waals surface area (Å²) in [5, 5.41) is 0. The molecule has 19 heavy (non-hydrogen) atoms. The van der Waals surface area contributed by atoms with Crippen molar-refractivity contribution in [1.29, 1.82) is 0 Å². The minimum atomic E-state index is -0.277. The van der Waals surface area contributed by atoms with Gasteiger partial charge in [-0.15, -0.1) is 0 Å². The molecule has 3 rings (SSSR count). The second-order valence-corrected chi connectivity index (χ2v) is 5.11. The zero-order chi connectivity index (χ0) is 13.6. The highest BCUT2D eigenvalue weighted by atomic mass is 16.5. The first kappa shape index (κ1) is 12.2. The maximum atomic E-state index is 12.4. The number of aryl methyl sites for hydroxylation is 1. The molecule has 3 amide bonds. The molecule has 0 saturated carbocycles. The van der Waals surface area contributed by atoms with Gasteiger partial charge < -0.3 is 9.64 Å². The zero-order valence-corrected chi connectivity index (χ0v) is 11.0. The topological polar surface area (TPSA) is 49.9 Å². The fourth-order valence-electron chi connectivity index (χ4n) is 2.65. The number of nitrogens with zero attached hydrogens (tertiary/aromatic N) is 2. The summed E-state index contributed by atoms with van der Waals surface area (Å²) in [6.45, 7) is 2.81. The van der Waals surface area contributed by atoms with Crippen molar-refractivity contribution in [3.05, 3.63) is 29.8 Å². The number of urea groups is 1. The zero-order valence-electron chi connectivity index (χ0n) is 11.0. The van der Waals surface area contributed by atoms with Crippen LogP contribution < -0.4 is 4.90 Å². The lowest BCUT2D eigenvalue weighted by molar-refractivity contribution is -0.124. The van der Waals surface area contributed by atoms with Gasteiger partial charge in [0.15, 0.2) is 0 Å². The van der Waals surface area contributed by atoms with Crippen molar-refractivity contribution in [1.82, 2.24) is 4.90 Å². The third-order valence-corrected chi connectivity index (χ3v) is 3.87. The van der Waals surface area contributed by atoms with Gasteiger partial charge in [-0.05, 0) is 19.1 Å². The van der Waals surface area contributed by atoms with Crippen LogP contribution in [0.5, 0.6) is 0 Å². The SMILES string of the molecule is Cc1ccc(N2C(=O)C3COCC3N(C)C2=O)cc1. The molecule has 2 saturated heterocycles. The predicted octanol–water partition coefficient (Wildman–Crippen LogP) is 1.41. The molecule has 2 aliphatic heterocycles.